The fourth-order valence-electron chi connectivity index (χ4n) is 5.76. The molecule has 2 heterocycles. The average Bonchev–Trinajstić information content (AvgIpc) is 2.78. The van der Waals surface area contributed by atoms with Crippen LogP contribution in [0.4, 0.5) is 0 Å². The number of rotatable bonds is 6. The Morgan fingerprint density at radius 1 is 0.931 bits per heavy atom. The molecule has 0 saturated heterocycles. The largest absolute Gasteiger partial charge is 0.221 e. The maximum atomic E-state index is 4.36. The van der Waals surface area contributed by atoms with Gasteiger partial charge >= 0.3 is 0 Å². The van der Waals surface area contributed by atoms with E-state index >= 15 is 0 Å². The van der Waals surface area contributed by atoms with E-state index in [1.165, 1.54) is 46.0 Å². The van der Waals surface area contributed by atoms with Crippen molar-refractivity contribution in [3.05, 3.63) is 78.5 Å². The van der Waals surface area contributed by atoms with E-state index in [1.807, 2.05) is 0 Å². The third-order valence-electron chi connectivity index (χ3n) is 7.63. The molecule has 0 radical (unpaired) electrons. The quantitative estimate of drug-likeness (QED) is 0.315. The van der Waals surface area contributed by atoms with Gasteiger partial charge in [0.25, 0.3) is 0 Å². The number of pyridine rings is 1. The molecule has 1 aliphatic rings. The molecule has 0 amide bonds. The van der Waals surface area contributed by atoms with E-state index < -0.39 is 0 Å². The van der Waals surface area contributed by atoms with Gasteiger partial charge in [-0.05, 0) is 60.9 Å². The lowest BCUT2D eigenvalue weighted by Gasteiger charge is -2.46. The monoisotopic (exact) mass is 384 g/mol. The third kappa shape index (κ3) is 2.63. The highest BCUT2D eigenvalue weighted by molar-refractivity contribution is 5.96. The zero-order valence-corrected chi connectivity index (χ0v) is 18.5. The molecule has 2 aromatic carbocycles. The summed E-state index contributed by atoms with van der Waals surface area (Å²) in [4.78, 5) is 0. The van der Waals surface area contributed by atoms with Crippen molar-refractivity contribution in [1.29, 1.82) is 0 Å². The van der Waals surface area contributed by atoms with Crippen LogP contribution < -0.4 is 4.57 Å². The van der Waals surface area contributed by atoms with Gasteiger partial charge in [-0.25, -0.2) is 0 Å². The SMILES string of the molecule is C=CC1(CC)[n+]2ccc3c(CCCC)cccc3c2-c2ccccc2C1(C)CC. The van der Waals surface area contributed by atoms with Gasteiger partial charge in [0.2, 0.25) is 5.69 Å². The van der Waals surface area contributed by atoms with Gasteiger partial charge in [0.05, 0.1) is 16.4 Å². The highest BCUT2D eigenvalue weighted by Crippen LogP contribution is 2.51. The fourth-order valence-corrected chi connectivity index (χ4v) is 5.76. The van der Waals surface area contributed by atoms with E-state index in [2.05, 4.69) is 99.6 Å². The molecule has 1 aliphatic heterocycles. The lowest BCUT2D eigenvalue weighted by Crippen LogP contribution is -2.68. The number of aromatic nitrogens is 1. The van der Waals surface area contributed by atoms with Crippen LogP contribution in [0.2, 0.25) is 0 Å². The highest BCUT2D eigenvalue weighted by Gasteiger charge is 2.57. The summed E-state index contributed by atoms with van der Waals surface area (Å²) in [6.45, 7) is 13.7. The fraction of sp³-hybridized carbons (Fsp3) is 0.393. The van der Waals surface area contributed by atoms with E-state index in [-0.39, 0.29) is 11.0 Å². The minimum absolute atomic E-state index is 0.00522. The summed E-state index contributed by atoms with van der Waals surface area (Å²) in [7, 11) is 0. The van der Waals surface area contributed by atoms with Gasteiger partial charge in [-0.2, -0.15) is 4.57 Å². The smallest absolute Gasteiger partial charge is 0.188 e. The highest BCUT2D eigenvalue weighted by atomic mass is 15.1. The van der Waals surface area contributed by atoms with Gasteiger partial charge in [0.15, 0.2) is 11.7 Å². The normalized spacial score (nSPS) is 22.9. The summed E-state index contributed by atoms with van der Waals surface area (Å²) in [5, 5.41) is 2.77. The Hall–Kier alpha value is -2.41. The molecule has 1 heteroatoms. The summed E-state index contributed by atoms with van der Waals surface area (Å²) < 4.78 is 2.54. The molecule has 29 heavy (non-hydrogen) atoms. The molecule has 0 saturated carbocycles. The molecule has 0 spiro atoms. The molecule has 0 fully saturated rings. The van der Waals surface area contributed by atoms with Crippen molar-refractivity contribution < 1.29 is 4.57 Å². The lowest BCUT2D eigenvalue weighted by atomic mass is 9.59. The molecule has 1 aromatic heterocycles. The predicted molar refractivity (Wildman–Crippen MR) is 124 cm³/mol. The Balaban J connectivity index is 2.13. The minimum Gasteiger partial charge on any atom is -0.188 e. The van der Waals surface area contributed by atoms with E-state index in [4.69, 9.17) is 0 Å². The van der Waals surface area contributed by atoms with Gasteiger partial charge in [-0.1, -0.05) is 64.1 Å². The zero-order chi connectivity index (χ0) is 20.6. The molecule has 4 rings (SSSR count). The number of allylic oxidation sites excluding steroid dienone is 1. The molecule has 0 N–H and O–H groups in total. The van der Waals surface area contributed by atoms with E-state index in [0.717, 1.165) is 19.3 Å². The lowest BCUT2D eigenvalue weighted by molar-refractivity contribution is -0.755. The number of unbranched alkanes of at least 4 members (excludes halogenated alkanes) is 1. The van der Waals surface area contributed by atoms with E-state index in [9.17, 15) is 0 Å². The van der Waals surface area contributed by atoms with Gasteiger partial charge in [0, 0.05) is 12.5 Å². The van der Waals surface area contributed by atoms with Crippen LogP contribution in [0, 0.1) is 0 Å². The van der Waals surface area contributed by atoms with Crippen LogP contribution in [0.1, 0.15) is 64.5 Å². The van der Waals surface area contributed by atoms with Gasteiger partial charge in [0.1, 0.15) is 0 Å². The Kier molecular flexibility index (Phi) is 5.11. The van der Waals surface area contributed by atoms with Crippen LogP contribution in [-0.2, 0) is 17.4 Å². The number of hydrogen-bond acceptors (Lipinski definition) is 0. The summed E-state index contributed by atoms with van der Waals surface area (Å²) >= 11 is 0. The van der Waals surface area contributed by atoms with Gasteiger partial charge in [-0.15, -0.1) is 0 Å². The first-order valence-corrected chi connectivity index (χ1v) is 11.3. The second kappa shape index (κ2) is 7.44. The van der Waals surface area contributed by atoms with Crippen molar-refractivity contribution in [2.24, 2.45) is 0 Å². The Bertz CT molecular complexity index is 1060. The molecular weight excluding hydrogens is 350 g/mol. The van der Waals surface area contributed by atoms with Crippen molar-refractivity contribution in [1.82, 2.24) is 0 Å². The Morgan fingerprint density at radius 3 is 2.41 bits per heavy atom. The molecule has 3 aromatic rings. The summed E-state index contributed by atoms with van der Waals surface area (Å²) in [5.41, 5.74) is 5.51. The first-order chi connectivity index (χ1) is 14.1. The zero-order valence-electron chi connectivity index (χ0n) is 18.5. The van der Waals surface area contributed by atoms with Crippen LogP contribution in [0.3, 0.4) is 0 Å². The molecule has 2 unspecified atom stereocenters. The maximum Gasteiger partial charge on any atom is 0.221 e. The van der Waals surface area contributed by atoms with Gasteiger partial charge < -0.3 is 0 Å². The second-order valence-corrected chi connectivity index (χ2v) is 8.73. The minimum atomic E-state index is -0.140. The third-order valence-corrected chi connectivity index (χ3v) is 7.63. The molecule has 150 valence electrons. The van der Waals surface area contributed by atoms with Crippen molar-refractivity contribution in [3.63, 3.8) is 0 Å². The first-order valence-electron chi connectivity index (χ1n) is 11.3. The maximum absolute atomic E-state index is 4.36. The second-order valence-electron chi connectivity index (χ2n) is 8.73. The van der Waals surface area contributed by atoms with Crippen LogP contribution in [0.25, 0.3) is 22.0 Å². The van der Waals surface area contributed by atoms with Gasteiger partial charge in [-0.3, -0.25) is 0 Å². The molecule has 1 nitrogen and oxygen atoms in total. The molecular formula is C28H34N+. The molecule has 2 atom stereocenters. The Labute approximate surface area is 176 Å². The van der Waals surface area contributed by atoms with E-state index in [0.29, 0.717) is 0 Å². The first kappa shape index (κ1) is 19.9. The van der Waals surface area contributed by atoms with Crippen molar-refractivity contribution >= 4 is 10.8 Å². The summed E-state index contributed by atoms with van der Waals surface area (Å²) in [5.74, 6) is 0. The number of nitrogens with zero attached hydrogens (tertiary/aromatic N) is 1. The number of fused-ring (bicyclic) bond motifs is 5. The van der Waals surface area contributed by atoms with Crippen LogP contribution in [0.15, 0.2) is 67.4 Å². The van der Waals surface area contributed by atoms with Crippen molar-refractivity contribution in [2.75, 3.05) is 0 Å². The number of hydrogen-bond donors (Lipinski definition) is 0. The summed E-state index contributed by atoms with van der Waals surface area (Å²) in [6, 6.07) is 18.3. The van der Waals surface area contributed by atoms with E-state index in [1.54, 1.807) is 0 Å². The standard InChI is InChI=1S/C28H34N/c1-6-10-14-21-15-13-17-23-22(21)19-20-29-26(23)24-16-11-12-18-25(24)27(5,7-2)28(29,8-3)9-4/h8,11-13,15-20H,3,6-7,9-10,14H2,1-2,4-5H3/q+1. The summed E-state index contributed by atoms with van der Waals surface area (Å²) in [6.07, 6.45) is 10.2. The predicted octanol–water partition coefficient (Wildman–Crippen LogP) is 7.11. The molecule has 0 aliphatic carbocycles. The van der Waals surface area contributed by atoms with Crippen molar-refractivity contribution in [2.45, 2.75) is 70.8 Å². The van der Waals surface area contributed by atoms with Crippen LogP contribution in [-0.4, -0.2) is 0 Å². The van der Waals surface area contributed by atoms with Crippen LogP contribution in [0.5, 0.6) is 0 Å². The average molecular weight is 385 g/mol. The number of aryl methyl sites for hydroxylation is 1. The number of benzene rings is 2. The Morgan fingerprint density at radius 2 is 1.72 bits per heavy atom. The molecule has 0 bridgehead atoms. The van der Waals surface area contributed by atoms with Crippen LogP contribution >= 0.6 is 0 Å². The van der Waals surface area contributed by atoms with Crippen molar-refractivity contribution in [3.8, 4) is 11.3 Å². The topological polar surface area (TPSA) is 3.88 Å².